The van der Waals surface area contributed by atoms with Crippen molar-refractivity contribution >= 4 is 11.8 Å². The van der Waals surface area contributed by atoms with Crippen molar-refractivity contribution in [2.45, 2.75) is 46.5 Å². The first-order chi connectivity index (χ1) is 10.6. The van der Waals surface area contributed by atoms with Crippen molar-refractivity contribution in [1.29, 1.82) is 0 Å². The number of nitrogen functional groups attached to an aromatic ring is 1. The number of carbonyl (C=O) groups is 2. The Balaban J connectivity index is 3.26. The van der Waals surface area contributed by atoms with Crippen LogP contribution in [0.1, 0.15) is 66.3 Å². The lowest BCUT2D eigenvalue weighted by Crippen LogP contribution is -2.35. The molecule has 0 radical (unpaired) electrons. The van der Waals surface area contributed by atoms with Crippen molar-refractivity contribution in [2.75, 3.05) is 13.1 Å². The second-order valence-corrected chi connectivity index (χ2v) is 5.35. The molecule has 0 aromatic heterocycles. The van der Waals surface area contributed by atoms with Crippen LogP contribution in [0.15, 0.2) is 18.2 Å². The van der Waals surface area contributed by atoms with Gasteiger partial charge in [0.15, 0.2) is 0 Å². The third-order valence-electron chi connectivity index (χ3n) is 3.56. The predicted molar refractivity (Wildman–Crippen MR) is 88.6 cm³/mol. The highest BCUT2D eigenvalue weighted by atomic mass is 16.2. The van der Waals surface area contributed by atoms with Crippen molar-refractivity contribution in [1.82, 2.24) is 10.3 Å². The minimum absolute atomic E-state index is 0.00109. The average molecular weight is 305 g/mol. The van der Waals surface area contributed by atoms with Gasteiger partial charge in [-0.1, -0.05) is 33.3 Å². The molecule has 0 bridgehead atoms. The number of carbonyl (C=O) groups excluding carboxylic acids is 2. The highest BCUT2D eigenvalue weighted by molar-refractivity contribution is 6.02. The van der Waals surface area contributed by atoms with Crippen molar-refractivity contribution in [3.8, 4) is 0 Å². The molecule has 2 amide bonds. The molecule has 0 unspecified atom stereocenters. The zero-order chi connectivity index (χ0) is 16.5. The molecule has 22 heavy (non-hydrogen) atoms. The van der Waals surface area contributed by atoms with Crippen molar-refractivity contribution in [2.24, 2.45) is 5.84 Å². The Morgan fingerprint density at radius 2 is 1.64 bits per heavy atom. The monoisotopic (exact) mass is 305 g/mol. The van der Waals surface area contributed by atoms with Gasteiger partial charge in [0.2, 0.25) is 0 Å². The lowest BCUT2D eigenvalue weighted by atomic mass is 9.95. The Labute approximate surface area is 132 Å². The van der Waals surface area contributed by atoms with E-state index in [1.54, 1.807) is 18.2 Å². The Kier molecular flexibility index (Phi) is 7.60. The van der Waals surface area contributed by atoms with Crippen LogP contribution in [0.2, 0.25) is 0 Å². The first-order valence-electron chi connectivity index (χ1n) is 8.02. The Morgan fingerprint density at radius 1 is 1.05 bits per heavy atom. The minimum atomic E-state index is -0.351. The third-order valence-corrected chi connectivity index (χ3v) is 3.56. The number of benzene rings is 1. The molecule has 0 saturated heterocycles. The fourth-order valence-electron chi connectivity index (χ4n) is 2.62. The molecule has 0 aliphatic heterocycles. The molecule has 0 fully saturated rings. The highest BCUT2D eigenvalue weighted by Crippen LogP contribution is 2.19. The Morgan fingerprint density at radius 3 is 2.14 bits per heavy atom. The maximum Gasteiger partial charge on any atom is 0.265 e. The van der Waals surface area contributed by atoms with Crippen LogP contribution >= 0.6 is 0 Å². The number of nitrogens with zero attached hydrogens (tertiary/aromatic N) is 1. The van der Waals surface area contributed by atoms with Crippen LogP contribution in [0.4, 0.5) is 0 Å². The van der Waals surface area contributed by atoms with E-state index < -0.39 is 0 Å². The first-order valence-corrected chi connectivity index (χ1v) is 8.02. The summed E-state index contributed by atoms with van der Waals surface area (Å²) < 4.78 is 0. The maximum atomic E-state index is 12.8. The van der Waals surface area contributed by atoms with Gasteiger partial charge in [0.25, 0.3) is 11.8 Å². The first kappa shape index (κ1) is 18.2. The van der Waals surface area contributed by atoms with Crippen molar-refractivity contribution in [3.63, 3.8) is 0 Å². The molecule has 0 heterocycles. The van der Waals surface area contributed by atoms with E-state index in [4.69, 9.17) is 5.84 Å². The Hall–Kier alpha value is -1.88. The molecule has 0 aliphatic carbocycles. The summed E-state index contributed by atoms with van der Waals surface area (Å²) in [5.74, 6) is 4.90. The number of nitrogens with two attached hydrogens (primary N) is 1. The van der Waals surface area contributed by atoms with Gasteiger partial charge in [0.1, 0.15) is 0 Å². The summed E-state index contributed by atoms with van der Waals surface area (Å²) in [6.07, 6.45) is 3.36. The van der Waals surface area contributed by atoms with Gasteiger partial charge >= 0.3 is 0 Å². The minimum Gasteiger partial charge on any atom is -0.339 e. The van der Waals surface area contributed by atoms with E-state index in [0.717, 1.165) is 37.9 Å². The molecule has 0 spiro atoms. The molecule has 5 heteroatoms. The van der Waals surface area contributed by atoms with Crippen LogP contribution in [-0.2, 0) is 6.42 Å². The zero-order valence-corrected chi connectivity index (χ0v) is 13.8. The number of hydrazine groups is 1. The molecule has 1 aromatic carbocycles. The summed E-state index contributed by atoms with van der Waals surface area (Å²) in [6.45, 7) is 7.60. The molecular weight excluding hydrogens is 278 g/mol. The van der Waals surface area contributed by atoms with E-state index in [2.05, 4.69) is 19.3 Å². The zero-order valence-electron chi connectivity index (χ0n) is 13.8. The van der Waals surface area contributed by atoms with Crippen LogP contribution in [0.5, 0.6) is 0 Å². The second-order valence-electron chi connectivity index (χ2n) is 5.35. The van der Waals surface area contributed by atoms with Gasteiger partial charge in [-0.25, -0.2) is 5.84 Å². The summed E-state index contributed by atoms with van der Waals surface area (Å²) in [7, 11) is 0. The SMILES string of the molecule is CCCc1c(C(=O)NN)cccc1C(=O)N(CCC)CCC. The van der Waals surface area contributed by atoms with Gasteiger partial charge in [-0.2, -0.15) is 0 Å². The summed E-state index contributed by atoms with van der Waals surface area (Å²) in [6, 6.07) is 5.26. The maximum absolute atomic E-state index is 12.8. The number of hydrogen-bond donors (Lipinski definition) is 2. The van der Waals surface area contributed by atoms with Gasteiger partial charge in [0.05, 0.1) is 0 Å². The number of hydrogen-bond acceptors (Lipinski definition) is 3. The van der Waals surface area contributed by atoms with E-state index in [0.29, 0.717) is 17.5 Å². The van der Waals surface area contributed by atoms with Crippen LogP contribution in [0.25, 0.3) is 0 Å². The van der Waals surface area contributed by atoms with Crippen LogP contribution in [-0.4, -0.2) is 29.8 Å². The molecule has 1 rings (SSSR count). The van der Waals surface area contributed by atoms with Crippen LogP contribution < -0.4 is 11.3 Å². The third kappa shape index (κ3) is 4.31. The molecule has 0 saturated carbocycles. The number of rotatable bonds is 8. The average Bonchev–Trinajstić information content (AvgIpc) is 2.53. The normalized spacial score (nSPS) is 10.4. The fourth-order valence-corrected chi connectivity index (χ4v) is 2.62. The highest BCUT2D eigenvalue weighted by Gasteiger charge is 2.21. The van der Waals surface area contributed by atoms with Crippen molar-refractivity contribution < 1.29 is 9.59 Å². The molecular formula is C17H27N3O2. The lowest BCUT2D eigenvalue weighted by Gasteiger charge is -2.23. The number of nitrogens with one attached hydrogen (secondary N) is 1. The summed E-state index contributed by atoms with van der Waals surface area (Å²) >= 11 is 0. The van der Waals surface area contributed by atoms with Gasteiger partial charge in [0, 0.05) is 24.2 Å². The quantitative estimate of drug-likeness (QED) is 0.440. The van der Waals surface area contributed by atoms with Gasteiger partial charge in [-0.05, 0) is 37.0 Å². The van der Waals surface area contributed by atoms with Crippen LogP contribution in [0, 0.1) is 0 Å². The Bertz CT molecular complexity index is 509. The van der Waals surface area contributed by atoms with Gasteiger partial charge in [-0.3, -0.25) is 15.0 Å². The smallest absolute Gasteiger partial charge is 0.265 e. The number of amides is 2. The predicted octanol–water partition coefficient (Wildman–Crippen LogP) is 2.50. The molecule has 0 atom stereocenters. The second kappa shape index (κ2) is 9.20. The van der Waals surface area contributed by atoms with Crippen molar-refractivity contribution in [3.05, 3.63) is 34.9 Å². The largest absolute Gasteiger partial charge is 0.339 e. The molecule has 3 N–H and O–H groups in total. The van der Waals surface area contributed by atoms with E-state index in [1.165, 1.54) is 0 Å². The van der Waals surface area contributed by atoms with Gasteiger partial charge < -0.3 is 4.90 Å². The molecule has 0 aliphatic rings. The van der Waals surface area contributed by atoms with E-state index >= 15 is 0 Å². The molecule has 5 nitrogen and oxygen atoms in total. The van der Waals surface area contributed by atoms with Gasteiger partial charge in [-0.15, -0.1) is 0 Å². The topological polar surface area (TPSA) is 75.4 Å². The lowest BCUT2D eigenvalue weighted by molar-refractivity contribution is 0.0754. The van der Waals surface area contributed by atoms with E-state index in [-0.39, 0.29) is 11.8 Å². The molecule has 122 valence electrons. The standard InChI is InChI=1S/C17H27N3O2/c1-4-8-13-14(16(21)19-18)9-7-10-15(13)17(22)20(11-5-2)12-6-3/h7,9-10H,4-6,8,11-12,18H2,1-3H3,(H,19,21). The summed E-state index contributed by atoms with van der Waals surface area (Å²) in [5, 5.41) is 0. The molecule has 1 aromatic rings. The summed E-state index contributed by atoms with van der Waals surface area (Å²) in [4.78, 5) is 26.7. The van der Waals surface area contributed by atoms with Crippen LogP contribution in [0.3, 0.4) is 0 Å². The van der Waals surface area contributed by atoms with E-state index in [1.807, 2.05) is 11.8 Å². The summed E-state index contributed by atoms with van der Waals surface area (Å²) in [5.41, 5.74) is 4.05. The fraction of sp³-hybridized carbons (Fsp3) is 0.529. The van der Waals surface area contributed by atoms with E-state index in [9.17, 15) is 9.59 Å².